The van der Waals surface area contributed by atoms with E-state index in [-0.39, 0.29) is 29.1 Å². The van der Waals surface area contributed by atoms with Crippen LogP contribution in [0.15, 0.2) is 36.4 Å². The van der Waals surface area contributed by atoms with Crippen LogP contribution in [0.1, 0.15) is 18.1 Å². The monoisotopic (exact) mass is 349 g/mol. The molecule has 0 unspecified atom stereocenters. The van der Waals surface area contributed by atoms with Gasteiger partial charge in [0, 0.05) is 7.11 Å². The fourth-order valence-corrected chi connectivity index (χ4v) is 3.15. The number of carbonyl (C=O) groups is 2. The topological polar surface area (TPSA) is 46.6 Å². The average Bonchev–Trinajstić information content (AvgIpc) is 2.81. The van der Waals surface area contributed by atoms with Crippen molar-refractivity contribution in [3.05, 3.63) is 65.0 Å². The predicted molar refractivity (Wildman–Crippen MR) is 83.6 cm³/mol. The Hall–Kier alpha value is -2.67. The molecule has 0 saturated carbocycles. The molecule has 1 aliphatic heterocycles. The number of ether oxygens (including phenoxy) is 1. The van der Waals surface area contributed by atoms with Gasteiger partial charge >= 0.3 is 0 Å². The van der Waals surface area contributed by atoms with Crippen LogP contribution in [0.3, 0.4) is 0 Å². The van der Waals surface area contributed by atoms with Crippen LogP contribution in [0.2, 0.25) is 0 Å². The quantitative estimate of drug-likeness (QED) is 0.853. The van der Waals surface area contributed by atoms with Gasteiger partial charge in [0.15, 0.2) is 11.6 Å². The lowest BCUT2D eigenvalue weighted by Gasteiger charge is -2.28. The molecule has 0 fully saturated rings. The molecule has 0 N–H and O–H groups in total. The minimum absolute atomic E-state index is 0.0466. The highest BCUT2D eigenvalue weighted by Gasteiger charge is 2.55. The van der Waals surface area contributed by atoms with E-state index in [4.69, 9.17) is 4.74 Å². The highest BCUT2D eigenvalue weighted by atomic mass is 19.2. The molecule has 3 rings (SSSR count). The number of anilines is 1. The summed E-state index contributed by atoms with van der Waals surface area (Å²) in [7, 11) is 1.17. The van der Waals surface area contributed by atoms with Crippen LogP contribution >= 0.6 is 0 Å². The summed E-state index contributed by atoms with van der Waals surface area (Å²) in [5.74, 6) is -4.03. The highest BCUT2D eigenvalue weighted by Crippen LogP contribution is 2.48. The number of amides is 1. The highest BCUT2D eigenvalue weighted by molar-refractivity contribution is 6.11. The van der Waals surface area contributed by atoms with Gasteiger partial charge in [0.2, 0.25) is 5.60 Å². The van der Waals surface area contributed by atoms with Crippen LogP contribution in [-0.4, -0.2) is 25.3 Å². The first-order chi connectivity index (χ1) is 11.8. The number of hydrogen-bond acceptors (Lipinski definition) is 3. The van der Waals surface area contributed by atoms with E-state index >= 15 is 0 Å². The number of methoxy groups -OCH3 is 1. The van der Waals surface area contributed by atoms with Crippen molar-refractivity contribution in [2.24, 2.45) is 0 Å². The lowest BCUT2D eigenvalue weighted by Crippen LogP contribution is -2.44. The molecule has 2 aromatic rings. The lowest BCUT2D eigenvalue weighted by atomic mass is 9.86. The summed E-state index contributed by atoms with van der Waals surface area (Å²) >= 11 is 0. The third-order valence-corrected chi connectivity index (χ3v) is 4.20. The van der Waals surface area contributed by atoms with Crippen LogP contribution in [0, 0.1) is 17.5 Å². The van der Waals surface area contributed by atoms with Gasteiger partial charge in [0.1, 0.15) is 11.6 Å². The Kier molecular flexibility index (Phi) is 4.12. The number of carbonyl (C=O) groups excluding carboxylic acids is 2. The maximum atomic E-state index is 14.6. The van der Waals surface area contributed by atoms with Crippen LogP contribution in [0.4, 0.5) is 18.9 Å². The molecule has 4 nitrogen and oxygen atoms in total. The van der Waals surface area contributed by atoms with Crippen LogP contribution in [0.25, 0.3) is 0 Å². The predicted octanol–water partition coefficient (Wildman–Crippen LogP) is 2.93. The fourth-order valence-electron chi connectivity index (χ4n) is 3.15. The Morgan fingerprint density at radius 1 is 1.12 bits per heavy atom. The summed E-state index contributed by atoms with van der Waals surface area (Å²) in [4.78, 5) is 25.6. The van der Waals surface area contributed by atoms with Crippen LogP contribution < -0.4 is 4.90 Å². The zero-order chi connectivity index (χ0) is 18.4. The van der Waals surface area contributed by atoms with Gasteiger partial charge in [-0.05, 0) is 36.8 Å². The number of nitrogens with zero attached hydrogens (tertiary/aromatic N) is 1. The summed E-state index contributed by atoms with van der Waals surface area (Å²) in [5, 5.41) is 0. The summed E-state index contributed by atoms with van der Waals surface area (Å²) < 4.78 is 47.2. The molecule has 0 aromatic heterocycles. The van der Waals surface area contributed by atoms with Crippen molar-refractivity contribution in [1.82, 2.24) is 0 Å². The number of Topliss-reactive ketones (excluding diaryl/α,β-unsaturated/α-hetero) is 1. The van der Waals surface area contributed by atoms with Crippen LogP contribution in [0.5, 0.6) is 0 Å². The molecule has 25 heavy (non-hydrogen) atoms. The largest absolute Gasteiger partial charge is 0.359 e. The minimum atomic E-state index is -2.00. The molecule has 0 saturated heterocycles. The van der Waals surface area contributed by atoms with Crippen molar-refractivity contribution in [1.29, 1.82) is 0 Å². The van der Waals surface area contributed by atoms with E-state index < -0.39 is 29.0 Å². The van der Waals surface area contributed by atoms with Crippen LogP contribution in [-0.2, 0) is 19.9 Å². The van der Waals surface area contributed by atoms with Gasteiger partial charge < -0.3 is 9.64 Å². The second-order valence-electron chi connectivity index (χ2n) is 5.74. The molecule has 1 amide bonds. The first kappa shape index (κ1) is 17.2. The van der Waals surface area contributed by atoms with Crippen molar-refractivity contribution < 1.29 is 27.5 Å². The number of fused-ring (bicyclic) bond motifs is 1. The molecule has 0 spiro atoms. The first-order valence-electron chi connectivity index (χ1n) is 7.44. The van der Waals surface area contributed by atoms with Crippen molar-refractivity contribution in [2.75, 3.05) is 18.6 Å². The molecule has 1 heterocycles. The summed E-state index contributed by atoms with van der Waals surface area (Å²) in [5.41, 5.74) is -2.14. The SMILES string of the molecule is CO[C@]1(c2ccc(F)cc2)C(=O)N(CC(C)=O)c2ccc(F)c(F)c21. The first-order valence-corrected chi connectivity index (χ1v) is 7.44. The summed E-state index contributed by atoms with van der Waals surface area (Å²) in [6.45, 7) is 0.959. The van der Waals surface area contributed by atoms with Gasteiger partial charge in [0.25, 0.3) is 5.91 Å². The summed E-state index contributed by atoms with van der Waals surface area (Å²) in [6.07, 6.45) is 0. The lowest BCUT2D eigenvalue weighted by molar-refractivity contribution is -0.136. The van der Waals surface area contributed by atoms with Gasteiger partial charge in [-0.15, -0.1) is 0 Å². The van der Waals surface area contributed by atoms with E-state index in [1.807, 2.05) is 0 Å². The Morgan fingerprint density at radius 3 is 2.32 bits per heavy atom. The van der Waals surface area contributed by atoms with Gasteiger partial charge in [0.05, 0.1) is 17.8 Å². The number of benzene rings is 2. The zero-order valence-corrected chi connectivity index (χ0v) is 13.5. The molecule has 0 aliphatic carbocycles. The van der Waals surface area contributed by atoms with E-state index in [0.29, 0.717) is 0 Å². The molecule has 1 atom stereocenters. The molecule has 0 radical (unpaired) electrons. The Balaban J connectivity index is 2.33. The van der Waals surface area contributed by atoms with Gasteiger partial charge in [-0.1, -0.05) is 12.1 Å². The molecular formula is C18H14F3NO3. The second kappa shape index (κ2) is 6.00. The average molecular weight is 349 g/mol. The van der Waals surface area contributed by atoms with Gasteiger partial charge in [-0.2, -0.15) is 0 Å². The normalized spacial score (nSPS) is 19.2. The van der Waals surface area contributed by atoms with Crippen molar-refractivity contribution in [2.45, 2.75) is 12.5 Å². The maximum Gasteiger partial charge on any atom is 0.269 e. The maximum absolute atomic E-state index is 14.6. The van der Waals surface area contributed by atoms with E-state index in [1.54, 1.807) is 0 Å². The smallest absolute Gasteiger partial charge is 0.269 e. The van der Waals surface area contributed by atoms with Crippen molar-refractivity contribution in [3.8, 4) is 0 Å². The molecule has 0 bridgehead atoms. The zero-order valence-electron chi connectivity index (χ0n) is 13.5. The molecule has 130 valence electrons. The Labute approximate surface area is 141 Å². The van der Waals surface area contributed by atoms with E-state index in [9.17, 15) is 22.8 Å². The molecule has 1 aliphatic rings. The van der Waals surface area contributed by atoms with Gasteiger partial charge in [-0.3, -0.25) is 9.59 Å². The van der Waals surface area contributed by atoms with Crippen molar-refractivity contribution >= 4 is 17.4 Å². The van der Waals surface area contributed by atoms with Crippen molar-refractivity contribution in [3.63, 3.8) is 0 Å². The standard InChI is InChI=1S/C18H14F3NO3/c1-10(23)9-22-14-8-7-13(20)16(21)15(14)18(25-2,17(22)24)11-3-5-12(19)6-4-11/h3-8H,9H2,1-2H3/t18-/m0/s1. The number of hydrogen-bond donors (Lipinski definition) is 0. The van der Waals surface area contributed by atoms with E-state index in [2.05, 4.69) is 0 Å². The van der Waals surface area contributed by atoms with Gasteiger partial charge in [-0.25, -0.2) is 13.2 Å². The fraction of sp³-hybridized carbons (Fsp3) is 0.222. The molecular weight excluding hydrogens is 335 g/mol. The summed E-state index contributed by atoms with van der Waals surface area (Å²) in [6, 6.07) is 6.82. The minimum Gasteiger partial charge on any atom is -0.359 e. The number of ketones is 1. The number of rotatable bonds is 4. The van der Waals surface area contributed by atoms with E-state index in [0.717, 1.165) is 23.1 Å². The Bertz CT molecular complexity index is 867. The third kappa shape index (κ3) is 2.42. The second-order valence-corrected chi connectivity index (χ2v) is 5.74. The van der Waals surface area contributed by atoms with E-state index in [1.165, 1.54) is 32.2 Å². The number of halogens is 3. The third-order valence-electron chi connectivity index (χ3n) is 4.20. The molecule has 2 aromatic carbocycles. The Morgan fingerprint density at radius 2 is 1.76 bits per heavy atom. The molecule has 7 heteroatoms.